The second kappa shape index (κ2) is 7.96. The van der Waals surface area contributed by atoms with Crippen LogP contribution in [0, 0.1) is 5.92 Å². The fourth-order valence-corrected chi connectivity index (χ4v) is 4.46. The lowest BCUT2D eigenvalue weighted by molar-refractivity contribution is -0.137. The van der Waals surface area contributed by atoms with Crippen molar-refractivity contribution in [2.24, 2.45) is 5.92 Å². The number of anilines is 2. The lowest BCUT2D eigenvalue weighted by Crippen LogP contribution is -2.37. The van der Waals surface area contributed by atoms with Crippen LogP contribution in [0.25, 0.3) is 0 Å². The van der Waals surface area contributed by atoms with Crippen LogP contribution in [-0.2, 0) is 20.6 Å². The first kappa shape index (κ1) is 21.6. The van der Waals surface area contributed by atoms with Crippen LogP contribution in [-0.4, -0.2) is 22.9 Å². The van der Waals surface area contributed by atoms with Crippen molar-refractivity contribution in [3.8, 4) is 0 Å². The zero-order valence-corrected chi connectivity index (χ0v) is 18.3. The number of rotatable bonds is 3. The zero-order valence-electron chi connectivity index (χ0n) is 16.7. The molecule has 3 heterocycles. The monoisotopic (exact) mass is 517 g/mol. The molecule has 0 spiro atoms. The summed E-state index contributed by atoms with van der Waals surface area (Å²) in [7, 11) is 0. The van der Waals surface area contributed by atoms with Crippen molar-refractivity contribution in [2.75, 3.05) is 9.96 Å². The molecule has 0 bridgehead atoms. The number of amides is 2. The van der Waals surface area contributed by atoms with Crippen LogP contribution in [0.5, 0.6) is 0 Å². The minimum atomic E-state index is -4.61. The Bertz CT molecular complexity index is 1220. The highest BCUT2D eigenvalue weighted by Gasteiger charge is 2.60. The molecule has 0 unspecified atom stereocenters. The van der Waals surface area contributed by atoms with Crippen LogP contribution in [0.4, 0.5) is 24.5 Å². The summed E-state index contributed by atoms with van der Waals surface area (Å²) in [5.74, 6) is -2.30. The van der Waals surface area contributed by atoms with Crippen LogP contribution in [0.15, 0.2) is 77.5 Å². The summed E-state index contributed by atoms with van der Waals surface area (Å²) in [4.78, 5) is 37.6. The first-order valence-corrected chi connectivity index (χ1v) is 10.7. The molecule has 2 fully saturated rings. The van der Waals surface area contributed by atoms with Crippen molar-refractivity contribution in [1.29, 1.82) is 0 Å². The lowest BCUT2D eigenvalue weighted by Gasteiger charge is -2.28. The summed E-state index contributed by atoms with van der Waals surface area (Å²) in [6, 6.07) is 14.1. The van der Waals surface area contributed by atoms with Gasteiger partial charge in [-0.05, 0) is 54.1 Å². The number of hydrogen-bond donors (Lipinski definition) is 0. The Morgan fingerprint density at radius 2 is 1.70 bits per heavy atom. The number of fused-ring (bicyclic) bond motifs is 1. The predicted octanol–water partition coefficient (Wildman–Crippen LogP) is 4.91. The van der Waals surface area contributed by atoms with Gasteiger partial charge in [0.2, 0.25) is 5.91 Å². The second-order valence-electron chi connectivity index (χ2n) is 7.65. The number of benzene rings is 2. The van der Waals surface area contributed by atoms with Crippen molar-refractivity contribution in [2.45, 2.75) is 18.3 Å². The van der Waals surface area contributed by atoms with E-state index in [1.807, 2.05) is 0 Å². The molecule has 6 nitrogen and oxygen atoms in total. The van der Waals surface area contributed by atoms with E-state index in [1.54, 1.807) is 48.8 Å². The Morgan fingerprint density at radius 1 is 0.939 bits per heavy atom. The van der Waals surface area contributed by atoms with Crippen LogP contribution in [0.3, 0.4) is 0 Å². The maximum Gasteiger partial charge on any atom is 0.416 e. The van der Waals surface area contributed by atoms with E-state index in [2.05, 4.69) is 20.9 Å². The molecule has 0 saturated carbocycles. The quantitative estimate of drug-likeness (QED) is 0.461. The summed E-state index contributed by atoms with van der Waals surface area (Å²) < 4.78 is 40.4. The van der Waals surface area contributed by atoms with Gasteiger partial charge in [-0.1, -0.05) is 28.1 Å². The van der Waals surface area contributed by atoms with Crippen LogP contribution >= 0.6 is 15.9 Å². The Balaban J connectivity index is 1.56. The van der Waals surface area contributed by atoms with E-state index in [9.17, 15) is 22.8 Å². The third-order valence-corrected chi connectivity index (χ3v) is 6.18. The van der Waals surface area contributed by atoms with Gasteiger partial charge in [-0.3, -0.25) is 19.4 Å². The number of imide groups is 1. The summed E-state index contributed by atoms with van der Waals surface area (Å²) in [5, 5.41) is 1.50. The molecule has 2 aliphatic rings. The predicted molar refractivity (Wildman–Crippen MR) is 116 cm³/mol. The fourth-order valence-electron chi connectivity index (χ4n) is 4.19. The highest BCUT2D eigenvalue weighted by atomic mass is 79.9. The molecule has 2 saturated heterocycles. The SMILES string of the molecule is O=C1[C@H]2[C@H](ON(c3ccc(Br)cc3)[C@@H]2c2cccnc2)C(=O)N1c1cccc(C(F)(F)F)c1. The molecular weight excluding hydrogens is 503 g/mol. The maximum atomic E-state index is 13.5. The Labute approximate surface area is 194 Å². The van der Waals surface area contributed by atoms with Gasteiger partial charge in [-0.15, -0.1) is 0 Å². The Hall–Kier alpha value is -3.24. The molecular formula is C23H15BrF3N3O3. The Kier molecular flexibility index (Phi) is 5.21. The van der Waals surface area contributed by atoms with Gasteiger partial charge in [-0.2, -0.15) is 13.2 Å². The normalized spacial score (nSPS) is 22.7. The number of hydrogen-bond acceptors (Lipinski definition) is 5. The number of carbonyl (C=O) groups excluding carboxylic acids is 2. The first-order chi connectivity index (χ1) is 15.8. The second-order valence-corrected chi connectivity index (χ2v) is 8.56. The first-order valence-electron chi connectivity index (χ1n) is 9.92. The van der Waals surface area contributed by atoms with E-state index < -0.39 is 41.6 Å². The fraction of sp³-hybridized carbons (Fsp3) is 0.174. The minimum Gasteiger partial charge on any atom is -0.273 e. The van der Waals surface area contributed by atoms with Crippen LogP contribution in [0.1, 0.15) is 17.2 Å². The Morgan fingerprint density at radius 3 is 2.36 bits per heavy atom. The third kappa shape index (κ3) is 3.68. The molecule has 0 N–H and O–H groups in total. The molecule has 3 aromatic rings. The smallest absolute Gasteiger partial charge is 0.273 e. The summed E-state index contributed by atoms with van der Waals surface area (Å²) in [6.45, 7) is 0. The van der Waals surface area contributed by atoms with Crippen LogP contribution < -0.4 is 9.96 Å². The van der Waals surface area contributed by atoms with Gasteiger partial charge >= 0.3 is 6.18 Å². The van der Waals surface area contributed by atoms with Gasteiger partial charge in [0.05, 0.1) is 23.0 Å². The number of nitrogens with zero attached hydrogens (tertiary/aromatic N) is 3. The van der Waals surface area contributed by atoms with Gasteiger partial charge in [0.15, 0.2) is 6.10 Å². The number of alkyl halides is 3. The highest BCUT2D eigenvalue weighted by Crippen LogP contribution is 2.47. The summed E-state index contributed by atoms with van der Waals surface area (Å²) in [6.07, 6.45) is -2.63. The maximum absolute atomic E-state index is 13.5. The van der Waals surface area contributed by atoms with Gasteiger partial charge in [0.1, 0.15) is 5.92 Å². The average molecular weight is 518 g/mol. The molecule has 3 atom stereocenters. The van der Waals surface area contributed by atoms with E-state index in [1.165, 1.54) is 17.2 Å². The molecule has 168 valence electrons. The van der Waals surface area contributed by atoms with Gasteiger partial charge < -0.3 is 0 Å². The highest BCUT2D eigenvalue weighted by molar-refractivity contribution is 9.10. The molecule has 33 heavy (non-hydrogen) atoms. The molecule has 0 radical (unpaired) electrons. The zero-order chi connectivity index (χ0) is 23.3. The van der Waals surface area contributed by atoms with Crippen molar-refractivity contribution >= 4 is 39.1 Å². The minimum absolute atomic E-state index is 0.141. The molecule has 0 aliphatic carbocycles. The topological polar surface area (TPSA) is 62.7 Å². The molecule has 2 aliphatic heterocycles. The van der Waals surface area contributed by atoms with Crippen LogP contribution in [0.2, 0.25) is 0 Å². The number of halogens is 4. The van der Waals surface area contributed by atoms with E-state index in [4.69, 9.17) is 4.84 Å². The summed E-state index contributed by atoms with van der Waals surface area (Å²) in [5.41, 5.74) is 0.171. The van der Waals surface area contributed by atoms with E-state index in [0.717, 1.165) is 21.5 Å². The van der Waals surface area contributed by atoms with E-state index >= 15 is 0 Å². The molecule has 2 amide bonds. The molecule has 2 aromatic carbocycles. The van der Waals surface area contributed by atoms with Crippen molar-refractivity contribution in [3.05, 3.63) is 88.7 Å². The van der Waals surface area contributed by atoms with Gasteiger partial charge in [0.25, 0.3) is 5.91 Å². The lowest BCUT2D eigenvalue weighted by atomic mass is 9.91. The molecule has 1 aromatic heterocycles. The number of hydroxylamine groups is 1. The number of carbonyl (C=O) groups is 2. The largest absolute Gasteiger partial charge is 0.416 e. The summed E-state index contributed by atoms with van der Waals surface area (Å²) >= 11 is 3.37. The van der Waals surface area contributed by atoms with Crippen molar-refractivity contribution < 1.29 is 27.6 Å². The van der Waals surface area contributed by atoms with Crippen molar-refractivity contribution in [1.82, 2.24) is 4.98 Å². The average Bonchev–Trinajstić information content (AvgIpc) is 3.30. The number of aromatic nitrogens is 1. The number of pyridine rings is 1. The standard InChI is InChI=1S/C23H15BrF3N3O3/c24-15-6-8-16(9-7-15)30-19(13-3-2-10-28-12-13)18-20(33-30)22(32)29(21(18)31)17-5-1-4-14(11-17)23(25,26)27/h1-12,18-20H/t18-,19-,20+/m1/s1. The van der Waals surface area contributed by atoms with Crippen molar-refractivity contribution in [3.63, 3.8) is 0 Å². The third-order valence-electron chi connectivity index (χ3n) is 5.65. The molecule has 10 heteroatoms. The van der Waals surface area contributed by atoms with Gasteiger partial charge in [0, 0.05) is 16.9 Å². The van der Waals surface area contributed by atoms with Gasteiger partial charge in [-0.25, -0.2) is 9.96 Å². The van der Waals surface area contributed by atoms with E-state index in [-0.39, 0.29) is 5.69 Å². The van der Waals surface area contributed by atoms with E-state index in [0.29, 0.717) is 11.3 Å². The molecule has 5 rings (SSSR count).